The summed E-state index contributed by atoms with van der Waals surface area (Å²) in [6.45, 7) is 4.38. The van der Waals surface area contributed by atoms with Crippen molar-refractivity contribution in [2.24, 2.45) is 5.73 Å². The van der Waals surface area contributed by atoms with E-state index in [9.17, 15) is 14.4 Å². The number of rotatable bonds is 7. The van der Waals surface area contributed by atoms with E-state index < -0.39 is 17.5 Å². The Bertz CT molecular complexity index is 1130. The molecule has 0 fully saturated rings. The topological polar surface area (TPSA) is 109 Å². The molecule has 0 atom stereocenters. The number of hydrogen-bond donors (Lipinski definition) is 1. The Hall–Kier alpha value is -3.61. The second-order valence-electron chi connectivity index (χ2n) is 6.71. The zero-order chi connectivity index (χ0) is 21.0. The van der Waals surface area contributed by atoms with E-state index >= 15 is 0 Å². The second-order valence-corrected chi connectivity index (χ2v) is 6.71. The second kappa shape index (κ2) is 8.60. The van der Waals surface area contributed by atoms with E-state index in [0.29, 0.717) is 18.4 Å². The summed E-state index contributed by atoms with van der Waals surface area (Å²) >= 11 is 0. The summed E-state index contributed by atoms with van der Waals surface area (Å²) in [4.78, 5) is 35.0. The van der Waals surface area contributed by atoms with Gasteiger partial charge in [0.05, 0.1) is 6.61 Å². The van der Waals surface area contributed by atoms with Crippen molar-refractivity contribution in [3.63, 3.8) is 0 Å². The molecule has 150 valence electrons. The molecule has 0 saturated heterocycles. The molecule has 7 heteroatoms. The molecule has 2 N–H and O–H groups in total. The zero-order valence-corrected chi connectivity index (χ0v) is 16.2. The van der Waals surface area contributed by atoms with Gasteiger partial charge in [-0.25, -0.2) is 4.79 Å². The lowest BCUT2D eigenvalue weighted by molar-refractivity contribution is -0.134. The molecule has 7 nitrogen and oxygen atoms in total. The number of benzene rings is 2. The first-order chi connectivity index (χ1) is 13.8. The van der Waals surface area contributed by atoms with Crippen molar-refractivity contribution in [2.75, 3.05) is 6.61 Å². The molecule has 0 aliphatic rings. The number of nitrogens with two attached hydrogens (primary N) is 1. The summed E-state index contributed by atoms with van der Waals surface area (Å²) in [5, 5.41) is 0.500. The third-order valence-corrected chi connectivity index (χ3v) is 4.32. The largest absolute Gasteiger partial charge is 0.493 e. The molecular formula is C22H21NO6. The molecule has 3 aromatic rings. The van der Waals surface area contributed by atoms with E-state index in [1.165, 1.54) is 12.1 Å². The van der Waals surface area contributed by atoms with Crippen LogP contribution < -0.4 is 20.8 Å². The van der Waals surface area contributed by atoms with Crippen molar-refractivity contribution in [1.82, 2.24) is 0 Å². The first-order valence-corrected chi connectivity index (χ1v) is 9.12. The number of carbonyl (C=O) groups excluding carboxylic acids is 2. The number of primary amides is 1. The van der Waals surface area contributed by atoms with Gasteiger partial charge in [0, 0.05) is 17.9 Å². The van der Waals surface area contributed by atoms with Crippen molar-refractivity contribution in [2.45, 2.75) is 26.7 Å². The number of carbonyl (C=O) groups is 2. The lowest BCUT2D eigenvalue weighted by Crippen LogP contribution is -2.20. The van der Waals surface area contributed by atoms with Crippen LogP contribution in [0.2, 0.25) is 0 Å². The van der Waals surface area contributed by atoms with Crippen LogP contribution in [0.5, 0.6) is 11.5 Å². The Balaban J connectivity index is 1.56. The van der Waals surface area contributed by atoms with Gasteiger partial charge >= 0.3 is 11.6 Å². The summed E-state index contributed by atoms with van der Waals surface area (Å²) < 4.78 is 16.1. The minimum absolute atomic E-state index is 0.174. The van der Waals surface area contributed by atoms with Crippen LogP contribution in [0.25, 0.3) is 11.0 Å². The van der Waals surface area contributed by atoms with Crippen LogP contribution in [0.3, 0.4) is 0 Å². The molecule has 0 aliphatic carbocycles. The van der Waals surface area contributed by atoms with E-state index in [2.05, 4.69) is 0 Å². The molecule has 1 aromatic heterocycles. The fourth-order valence-electron chi connectivity index (χ4n) is 2.87. The van der Waals surface area contributed by atoms with Crippen molar-refractivity contribution < 1.29 is 23.5 Å². The number of ether oxygens (including phenoxy) is 2. The Kier molecular flexibility index (Phi) is 5.97. The molecule has 1 heterocycles. The van der Waals surface area contributed by atoms with Crippen molar-refractivity contribution in [3.8, 4) is 11.5 Å². The minimum atomic E-state index is -0.862. The lowest BCUT2D eigenvalue weighted by atomic mass is 10.1. The van der Waals surface area contributed by atoms with Crippen LogP contribution >= 0.6 is 0 Å². The van der Waals surface area contributed by atoms with Gasteiger partial charge in [-0.3, -0.25) is 9.59 Å². The van der Waals surface area contributed by atoms with Crippen LogP contribution in [0.1, 0.15) is 34.3 Å². The average molecular weight is 395 g/mol. The molecule has 0 unspecified atom stereocenters. The molecule has 3 rings (SSSR count). The molecule has 0 bridgehead atoms. The Morgan fingerprint density at radius 1 is 1.07 bits per heavy atom. The zero-order valence-electron chi connectivity index (χ0n) is 16.2. The molecule has 1 amide bonds. The highest BCUT2D eigenvalue weighted by Gasteiger charge is 2.12. The predicted molar refractivity (Wildman–Crippen MR) is 107 cm³/mol. The first-order valence-electron chi connectivity index (χ1n) is 9.12. The summed E-state index contributed by atoms with van der Waals surface area (Å²) in [5.74, 6) is -0.250. The standard InChI is InChI=1S/C22H21NO6/c1-13-5-8-18(14(2)10-13)27-9-3-4-20(24)28-16-7-6-15-11-17(21(23)25)22(26)29-19(15)12-16/h5-8,10-12H,3-4,9H2,1-2H3,(H2,23,25). The van der Waals surface area contributed by atoms with E-state index in [1.54, 1.807) is 12.1 Å². The maximum atomic E-state index is 12.1. The maximum absolute atomic E-state index is 12.1. The van der Waals surface area contributed by atoms with Gasteiger partial charge in [-0.2, -0.15) is 0 Å². The number of esters is 1. The van der Waals surface area contributed by atoms with E-state index in [4.69, 9.17) is 19.6 Å². The Morgan fingerprint density at radius 2 is 1.86 bits per heavy atom. The summed E-state index contributed by atoms with van der Waals surface area (Å²) in [6, 6.07) is 11.8. The van der Waals surface area contributed by atoms with Gasteiger partial charge in [0.1, 0.15) is 22.6 Å². The van der Waals surface area contributed by atoms with Crippen molar-refractivity contribution in [3.05, 3.63) is 69.6 Å². The van der Waals surface area contributed by atoms with Gasteiger partial charge in [0.2, 0.25) is 0 Å². The fourth-order valence-corrected chi connectivity index (χ4v) is 2.87. The van der Waals surface area contributed by atoms with Crippen LogP contribution in [-0.4, -0.2) is 18.5 Å². The highest BCUT2D eigenvalue weighted by Crippen LogP contribution is 2.22. The van der Waals surface area contributed by atoms with Crippen LogP contribution in [0.15, 0.2) is 51.7 Å². The van der Waals surface area contributed by atoms with Crippen LogP contribution in [0, 0.1) is 13.8 Å². The summed E-state index contributed by atoms with van der Waals surface area (Å²) in [7, 11) is 0. The molecule has 0 spiro atoms. The molecule has 29 heavy (non-hydrogen) atoms. The SMILES string of the molecule is Cc1ccc(OCCCC(=O)Oc2ccc3cc(C(N)=O)c(=O)oc3c2)c(C)c1. The first kappa shape index (κ1) is 20.1. The number of hydrogen-bond acceptors (Lipinski definition) is 6. The van der Waals surface area contributed by atoms with Crippen LogP contribution in [-0.2, 0) is 4.79 Å². The third kappa shape index (κ3) is 5.01. The summed E-state index contributed by atoms with van der Waals surface area (Å²) in [6.07, 6.45) is 0.671. The van der Waals surface area contributed by atoms with E-state index in [1.807, 2.05) is 32.0 Å². The van der Waals surface area contributed by atoms with Crippen molar-refractivity contribution >= 4 is 22.8 Å². The molecule has 0 radical (unpaired) electrons. The Morgan fingerprint density at radius 3 is 2.59 bits per heavy atom. The average Bonchev–Trinajstić information content (AvgIpc) is 2.65. The summed E-state index contributed by atoms with van der Waals surface area (Å²) in [5.41, 5.74) is 6.47. The quantitative estimate of drug-likeness (QED) is 0.285. The van der Waals surface area contributed by atoms with Crippen LogP contribution in [0.4, 0.5) is 0 Å². The van der Waals surface area contributed by atoms with Gasteiger partial charge < -0.3 is 19.6 Å². The highest BCUT2D eigenvalue weighted by molar-refractivity contribution is 5.95. The third-order valence-electron chi connectivity index (χ3n) is 4.32. The molecule has 2 aromatic carbocycles. The van der Waals surface area contributed by atoms with E-state index in [-0.39, 0.29) is 23.3 Å². The van der Waals surface area contributed by atoms with Gasteiger partial charge in [-0.15, -0.1) is 0 Å². The molecular weight excluding hydrogens is 374 g/mol. The monoisotopic (exact) mass is 395 g/mol. The van der Waals surface area contributed by atoms with Gasteiger partial charge in [-0.1, -0.05) is 17.7 Å². The van der Waals surface area contributed by atoms with Crippen molar-refractivity contribution in [1.29, 1.82) is 0 Å². The molecule has 0 saturated carbocycles. The van der Waals surface area contributed by atoms with Gasteiger partial charge in [0.25, 0.3) is 5.91 Å². The lowest BCUT2D eigenvalue weighted by Gasteiger charge is -2.10. The minimum Gasteiger partial charge on any atom is -0.493 e. The predicted octanol–water partition coefficient (Wildman–Crippen LogP) is 3.27. The van der Waals surface area contributed by atoms with E-state index in [0.717, 1.165) is 16.9 Å². The highest BCUT2D eigenvalue weighted by atomic mass is 16.5. The fraction of sp³-hybridized carbons (Fsp3) is 0.227. The maximum Gasteiger partial charge on any atom is 0.349 e. The number of aryl methyl sites for hydroxylation is 2. The Labute approximate surface area is 167 Å². The normalized spacial score (nSPS) is 10.7. The number of fused-ring (bicyclic) bond motifs is 1. The smallest absolute Gasteiger partial charge is 0.349 e. The molecule has 0 aliphatic heterocycles. The number of amides is 1. The van der Waals surface area contributed by atoms with Gasteiger partial charge in [-0.05, 0) is 50.1 Å². The van der Waals surface area contributed by atoms with Gasteiger partial charge in [0.15, 0.2) is 0 Å².